The van der Waals surface area contributed by atoms with Crippen molar-refractivity contribution in [1.82, 2.24) is 9.97 Å². The molecule has 0 fully saturated rings. The van der Waals surface area contributed by atoms with Crippen LogP contribution in [0.15, 0.2) is 78.0 Å². The van der Waals surface area contributed by atoms with E-state index in [0.717, 1.165) is 22.4 Å². The van der Waals surface area contributed by atoms with Gasteiger partial charge in [-0.2, -0.15) is 0 Å². The van der Waals surface area contributed by atoms with Crippen LogP contribution in [0.5, 0.6) is 0 Å². The normalized spacial score (nSPS) is 12.1. The van der Waals surface area contributed by atoms with Crippen LogP contribution in [-0.4, -0.2) is 31.6 Å². The number of hydrogen-bond acceptors (Lipinski definition) is 3. The third-order valence-electron chi connectivity index (χ3n) is 4.71. The van der Waals surface area contributed by atoms with Gasteiger partial charge in [0, 0.05) is 29.2 Å². The Morgan fingerprint density at radius 3 is 2.27 bits per heavy atom. The number of benzene rings is 2. The van der Waals surface area contributed by atoms with E-state index in [9.17, 15) is 13.0 Å². The molecule has 0 aliphatic rings. The minimum atomic E-state index is -1.60. The number of hydrogen-bond donors (Lipinski definition) is 2. The summed E-state index contributed by atoms with van der Waals surface area (Å²) in [6.45, 7) is -0.277. The van der Waals surface area contributed by atoms with Crippen LogP contribution in [0.3, 0.4) is 0 Å². The number of nitrogens with zero attached hydrogens (tertiary/aromatic N) is 1. The van der Waals surface area contributed by atoms with Crippen molar-refractivity contribution in [2.75, 3.05) is 12.4 Å². The van der Waals surface area contributed by atoms with Crippen LogP contribution in [-0.2, 0) is 10.8 Å². The summed E-state index contributed by atoms with van der Waals surface area (Å²) in [6.07, 6.45) is 3.36. The van der Waals surface area contributed by atoms with Gasteiger partial charge in [0.25, 0.3) is 0 Å². The predicted molar refractivity (Wildman–Crippen MR) is 113 cm³/mol. The molecular formula is C23H18F2N2O2S. The van der Waals surface area contributed by atoms with Crippen molar-refractivity contribution in [2.45, 2.75) is 4.90 Å². The van der Waals surface area contributed by atoms with Gasteiger partial charge in [-0.05, 0) is 65.7 Å². The monoisotopic (exact) mass is 424 g/mol. The first-order valence-corrected chi connectivity index (χ1v) is 10.6. The minimum Gasteiger partial charge on any atom is -0.395 e. The average molecular weight is 424 g/mol. The number of aliphatic hydroxyl groups excluding tert-OH is 1. The van der Waals surface area contributed by atoms with Crippen molar-refractivity contribution >= 4 is 10.8 Å². The van der Waals surface area contributed by atoms with Crippen LogP contribution >= 0.6 is 0 Å². The number of aliphatic hydroxyl groups is 1. The van der Waals surface area contributed by atoms with Crippen LogP contribution in [0.4, 0.5) is 8.78 Å². The Hall–Kier alpha value is -3.16. The third-order valence-corrected chi connectivity index (χ3v) is 6.08. The first kappa shape index (κ1) is 20.1. The van der Waals surface area contributed by atoms with Crippen molar-refractivity contribution in [3.05, 3.63) is 84.7 Å². The molecular weight excluding hydrogens is 406 g/mol. The van der Waals surface area contributed by atoms with E-state index in [1.54, 1.807) is 30.6 Å². The van der Waals surface area contributed by atoms with E-state index in [0.29, 0.717) is 11.3 Å². The highest BCUT2D eigenvalue weighted by atomic mass is 32.2. The van der Waals surface area contributed by atoms with Gasteiger partial charge >= 0.3 is 0 Å². The second kappa shape index (κ2) is 8.69. The number of H-pyrrole nitrogens is 1. The maximum Gasteiger partial charge on any atom is 0.139 e. The Labute approximate surface area is 174 Å². The first-order chi connectivity index (χ1) is 14.6. The number of halogens is 2. The topological polar surface area (TPSA) is 66.0 Å². The zero-order valence-corrected chi connectivity index (χ0v) is 16.6. The predicted octanol–water partition coefficient (Wildman–Crippen LogP) is 4.79. The van der Waals surface area contributed by atoms with Gasteiger partial charge in [-0.25, -0.2) is 8.78 Å². The summed E-state index contributed by atoms with van der Waals surface area (Å²) in [4.78, 5) is 7.42. The Morgan fingerprint density at radius 2 is 1.60 bits per heavy atom. The summed E-state index contributed by atoms with van der Waals surface area (Å²) in [6, 6.07) is 16.2. The number of nitrogens with one attached hydrogen (secondary N) is 1. The summed E-state index contributed by atoms with van der Waals surface area (Å²) in [5.41, 5.74) is 4.58. The van der Waals surface area contributed by atoms with Gasteiger partial charge in [-0.3, -0.25) is 9.19 Å². The zero-order valence-electron chi connectivity index (χ0n) is 15.8. The third kappa shape index (κ3) is 4.08. The molecule has 1 atom stereocenters. The van der Waals surface area contributed by atoms with Gasteiger partial charge in [0.2, 0.25) is 0 Å². The van der Waals surface area contributed by atoms with E-state index in [-0.39, 0.29) is 23.1 Å². The molecule has 0 saturated carbocycles. The zero-order chi connectivity index (χ0) is 21.1. The van der Waals surface area contributed by atoms with Crippen molar-refractivity contribution < 1.29 is 18.1 Å². The highest BCUT2D eigenvalue weighted by Gasteiger charge is 2.16. The minimum absolute atomic E-state index is 0.0142. The maximum atomic E-state index is 14.6. The molecule has 0 amide bonds. The smallest absolute Gasteiger partial charge is 0.139 e. The van der Waals surface area contributed by atoms with E-state index in [1.807, 2.05) is 18.2 Å². The maximum absolute atomic E-state index is 14.6. The van der Waals surface area contributed by atoms with Crippen LogP contribution in [0.25, 0.3) is 33.6 Å². The molecule has 152 valence electrons. The molecule has 0 aliphatic carbocycles. The summed E-state index contributed by atoms with van der Waals surface area (Å²) in [5, 5.41) is 8.94. The van der Waals surface area contributed by atoms with Gasteiger partial charge in [-0.15, -0.1) is 0 Å². The molecule has 0 aliphatic heterocycles. The lowest BCUT2D eigenvalue weighted by molar-refractivity contribution is 0.321. The van der Waals surface area contributed by atoms with Crippen molar-refractivity contribution in [3.8, 4) is 33.6 Å². The van der Waals surface area contributed by atoms with Crippen LogP contribution in [0.1, 0.15) is 0 Å². The lowest BCUT2D eigenvalue weighted by Gasteiger charge is -2.05. The number of aromatic nitrogens is 2. The Morgan fingerprint density at radius 1 is 0.900 bits per heavy atom. The molecule has 4 rings (SSSR count). The van der Waals surface area contributed by atoms with E-state index < -0.39 is 16.6 Å². The fraction of sp³-hybridized carbons (Fsp3) is 0.0870. The Balaban J connectivity index is 1.81. The van der Waals surface area contributed by atoms with E-state index in [2.05, 4.69) is 9.97 Å². The molecule has 1 unspecified atom stereocenters. The molecule has 2 N–H and O–H groups in total. The van der Waals surface area contributed by atoms with Crippen LogP contribution in [0, 0.1) is 11.6 Å². The van der Waals surface area contributed by atoms with Gasteiger partial charge < -0.3 is 10.1 Å². The quantitative estimate of drug-likeness (QED) is 0.468. The summed E-state index contributed by atoms with van der Waals surface area (Å²) in [5.74, 6) is -0.938. The standard InChI is InChI=1S/C23H18F2N2O2S/c24-18-4-1-16(2-5-18)23-19(15-7-9-26-10-8-15)14-21(27-23)17-3-6-22(20(25)13-17)30(29)12-11-28/h1-10,13-14,27-28H,11-12H2. The highest BCUT2D eigenvalue weighted by molar-refractivity contribution is 7.85. The second-order valence-corrected chi connectivity index (χ2v) is 8.17. The Kier molecular flexibility index (Phi) is 5.83. The fourth-order valence-corrected chi connectivity index (χ4v) is 4.14. The molecule has 2 heterocycles. The van der Waals surface area contributed by atoms with Crippen molar-refractivity contribution in [2.24, 2.45) is 0 Å². The van der Waals surface area contributed by atoms with E-state index >= 15 is 0 Å². The van der Waals surface area contributed by atoms with Crippen LogP contribution < -0.4 is 0 Å². The molecule has 0 bridgehead atoms. The molecule has 0 radical (unpaired) electrons. The van der Waals surface area contributed by atoms with E-state index in [4.69, 9.17) is 5.11 Å². The summed E-state index contributed by atoms with van der Waals surface area (Å²) >= 11 is 0. The lowest BCUT2D eigenvalue weighted by atomic mass is 10.0. The molecule has 0 saturated heterocycles. The second-order valence-electron chi connectivity index (χ2n) is 6.63. The lowest BCUT2D eigenvalue weighted by Crippen LogP contribution is -2.04. The van der Waals surface area contributed by atoms with Crippen molar-refractivity contribution in [3.63, 3.8) is 0 Å². The van der Waals surface area contributed by atoms with E-state index in [1.165, 1.54) is 24.3 Å². The molecule has 4 aromatic rings. The fourth-order valence-electron chi connectivity index (χ4n) is 3.26. The highest BCUT2D eigenvalue weighted by Crippen LogP contribution is 2.36. The molecule has 30 heavy (non-hydrogen) atoms. The SMILES string of the molecule is O=S(CCO)c1ccc(-c2cc(-c3ccncc3)c(-c3ccc(F)cc3)[nH]2)cc1F. The summed E-state index contributed by atoms with van der Waals surface area (Å²) in [7, 11) is -1.60. The molecule has 2 aromatic carbocycles. The molecule has 4 nitrogen and oxygen atoms in total. The molecule has 7 heteroatoms. The average Bonchev–Trinajstić information content (AvgIpc) is 3.20. The number of pyridine rings is 1. The van der Waals surface area contributed by atoms with Gasteiger partial charge in [0.05, 0.1) is 33.7 Å². The summed E-state index contributed by atoms with van der Waals surface area (Å²) < 4.78 is 40.0. The number of aromatic amines is 1. The van der Waals surface area contributed by atoms with Gasteiger partial charge in [-0.1, -0.05) is 6.07 Å². The van der Waals surface area contributed by atoms with Gasteiger partial charge in [0.1, 0.15) is 11.6 Å². The number of rotatable bonds is 6. The Bertz CT molecular complexity index is 1190. The first-order valence-electron chi connectivity index (χ1n) is 9.25. The van der Waals surface area contributed by atoms with Crippen molar-refractivity contribution in [1.29, 1.82) is 0 Å². The molecule has 0 spiro atoms. The largest absolute Gasteiger partial charge is 0.395 e. The van der Waals surface area contributed by atoms with Gasteiger partial charge in [0.15, 0.2) is 0 Å². The van der Waals surface area contributed by atoms with Crippen LogP contribution in [0.2, 0.25) is 0 Å². The molecule has 2 aromatic heterocycles.